The molecule has 0 fully saturated rings. The second-order valence-corrected chi connectivity index (χ2v) is 3.66. The summed E-state index contributed by atoms with van der Waals surface area (Å²) in [4.78, 5) is 0. The Kier molecular flexibility index (Phi) is 7.23. The van der Waals surface area contributed by atoms with E-state index in [4.69, 9.17) is 5.21 Å². The average molecular weight is 318 g/mol. The zero-order valence-corrected chi connectivity index (χ0v) is 11.9. The van der Waals surface area contributed by atoms with E-state index in [-0.39, 0.29) is 5.71 Å². The van der Waals surface area contributed by atoms with E-state index in [1.54, 1.807) is 24.3 Å². The molecule has 0 aliphatic rings. The fourth-order valence-corrected chi connectivity index (χ4v) is 1.67. The van der Waals surface area contributed by atoms with Gasteiger partial charge >= 0.3 is 25.2 Å². The van der Waals surface area contributed by atoms with Crippen LogP contribution in [-0.2, 0) is 15.1 Å². The van der Waals surface area contributed by atoms with Gasteiger partial charge in [0.05, 0.1) is 0 Å². The first-order valence-electron chi connectivity index (χ1n) is 5.47. The van der Waals surface area contributed by atoms with Gasteiger partial charge in [0.2, 0.25) is 0 Å². The molecule has 2 aromatic carbocycles. The summed E-state index contributed by atoms with van der Waals surface area (Å²) in [5.74, 6) is 0. The van der Waals surface area contributed by atoms with Gasteiger partial charge in [-0.25, -0.2) is 0 Å². The molecule has 19 heavy (non-hydrogen) atoms. The Labute approximate surface area is 124 Å². The predicted molar refractivity (Wildman–Crippen MR) is 72.0 cm³/mol. The third kappa shape index (κ3) is 4.37. The Balaban J connectivity index is 0.000000861. The van der Waals surface area contributed by atoms with Gasteiger partial charge < -0.3 is 10.3 Å². The van der Waals surface area contributed by atoms with Gasteiger partial charge in [-0.1, -0.05) is 65.8 Å². The number of hydrogen-bond acceptors (Lipinski definition) is 3. The fraction of sp³-hybridized carbons (Fsp3) is 0.0714. The minimum absolute atomic E-state index is 0.247. The Hall–Kier alpha value is -1.32. The summed E-state index contributed by atoms with van der Waals surface area (Å²) in [6.07, 6.45) is -0.927. The van der Waals surface area contributed by atoms with Crippen LogP contribution in [0.3, 0.4) is 0 Å². The Morgan fingerprint density at radius 1 is 0.947 bits per heavy atom. The number of aliphatic hydroxyl groups is 1. The molecule has 5 heteroatoms. The van der Waals surface area contributed by atoms with Gasteiger partial charge in [0.15, 0.2) is 0 Å². The number of nitrogens with zero attached hydrogens (tertiary/aromatic N) is 1. The zero-order valence-electron chi connectivity index (χ0n) is 9.95. The van der Waals surface area contributed by atoms with Crippen LogP contribution in [0.2, 0.25) is 0 Å². The van der Waals surface area contributed by atoms with E-state index in [2.05, 4.69) is 30.4 Å². The normalized spacial score (nSPS) is 12.3. The van der Waals surface area contributed by atoms with Crippen LogP contribution in [0, 0.1) is 0 Å². The SMILES string of the molecule is ON=C(c1ccccc1)C(O)c1ccccc1.[Cl][Mn]. The van der Waals surface area contributed by atoms with Crippen molar-refractivity contribution in [3.8, 4) is 0 Å². The van der Waals surface area contributed by atoms with E-state index in [0.717, 1.165) is 0 Å². The van der Waals surface area contributed by atoms with Crippen LogP contribution >= 0.6 is 10.1 Å². The van der Waals surface area contributed by atoms with E-state index in [9.17, 15) is 5.11 Å². The maximum atomic E-state index is 10.1. The molecule has 0 spiro atoms. The maximum absolute atomic E-state index is 10.1. The molecule has 0 aliphatic carbocycles. The van der Waals surface area contributed by atoms with E-state index in [1.165, 1.54) is 0 Å². The summed E-state index contributed by atoms with van der Waals surface area (Å²) in [6.45, 7) is 0. The quantitative estimate of drug-likeness (QED) is 0.395. The molecule has 0 saturated heterocycles. The van der Waals surface area contributed by atoms with Crippen molar-refractivity contribution in [1.29, 1.82) is 0 Å². The van der Waals surface area contributed by atoms with Crippen LogP contribution in [0.25, 0.3) is 0 Å². The van der Waals surface area contributed by atoms with Gasteiger partial charge in [0.1, 0.15) is 11.8 Å². The molecular weight excluding hydrogens is 305 g/mol. The Bertz CT molecular complexity index is 505. The van der Waals surface area contributed by atoms with Gasteiger partial charge in [-0.3, -0.25) is 0 Å². The molecule has 1 unspecified atom stereocenters. The molecule has 0 radical (unpaired) electrons. The van der Waals surface area contributed by atoms with Crippen molar-refractivity contribution in [3.63, 3.8) is 0 Å². The van der Waals surface area contributed by atoms with E-state index in [0.29, 0.717) is 11.1 Å². The van der Waals surface area contributed by atoms with Crippen molar-refractivity contribution >= 4 is 15.8 Å². The Morgan fingerprint density at radius 2 is 1.42 bits per heavy atom. The van der Waals surface area contributed by atoms with Crippen LogP contribution in [0.15, 0.2) is 65.8 Å². The molecule has 0 aromatic heterocycles. The van der Waals surface area contributed by atoms with Crippen LogP contribution in [0.4, 0.5) is 0 Å². The van der Waals surface area contributed by atoms with Crippen LogP contribution in [-0.4, -0.2) is 16.0 Å². The number of oxime groups is 1. The number of aliphatic hydroxyl groups excluding tert-OH is 1. The molecule has 2 N–H and O–H groups in total. The summed E-state index contributed by atoms with van der Waals surface area (Å²) in [6, 6.07) is 18.2. The molecule has 2 aromatic rings. The van der Waals surface area contributed by atoms with E-state index in [1.807, 2.05) is 36.4 Å². The summed E-state index contributed by atoms with van der Waals surface area (Å²) >= 11 is 2.41. The molecule has 1 atom stereocenters. The minimum atomic E-state index is -0.927. The van der Waals surface area contributed by atoms with Gasteiger partial charge in [0, 0.05) is 5.56 Å². The average Bonchev–Trinajstić information content (AvgIpc) is 2.52. The monoisotopic (exact) mass is 317 g/mol. The predicted octanol–water partition coefficient (Wildman–Crippen LogP) is 3.29. The number of hydrogen-bond donors (Lipinski definition) is 2. The van der Waals surface area contributed by atoms with Crippen molar-refractivity contribution in [1.82, 2.24) is 0 Å². The van der Waals surface area contributed by atoms with Crippen molar-refractivity contribution in [2.75, 3.05) is 0 Å². The summed E-state index contributed by atoms with van der Waals surface area (Å²) in [5.41, 5.74) is 1.65. The molecule has 0 saturated carbocycles. The fourth-order valence-electron chi connectivity index (χ4n) is 1.67. The van der Waals surface area contributed by atoms with E-state index >= 15 is 0 Å². The first-order valence-corrected chi connectivity index (χ1v) is 7.10. The topological polar surface area (TPSA) is 52.8 Å². The van der Waals surface area contributed by atoms with Crippen molar-refractivity contribution < 1.29 is 25.4 Å². The second-order valence-electron chi connectivity index (χ2n) is 3.66. The van der Waals surface area contributed by atoms with E-state index < -0.39 is 6.10 Å². The molecular formula is C14H13ClMnNO2. The molecule has 3 nitrogen and oxygen atoms in total. The van der Waals surface area contributed by atoms with Crippen molar-refractivity contribution in [2.45, 2.75) is 6.10 Å². The van der Waals surface area contributed by atoms with Crippen LogP contribution in [0.1, 0.15) is 17.2 Å². The molecule has 0 heterocycles. The number of rotatable bonds is 3. The standard InChI is InChI=1S/C14H13NO2.ClH.Mn/c16-14(12-9-5-2-6-10-12)13(15-17)11-7-3-1-4-8-11;;/h1-10,14,16-17H;1H;/q;;+1/p-1. The number of benzene rings is 2. The Morgan fingerprint density at radius 3 is 1.89 bits per heavy atom. The number of halogens is 1. The molecule has 2 rings (SSSR count). The van der Waals surface area contributed by atoms with Crippen LogP contribution in [0.5, 0.6) is 0 Å². The van der Waals surface area contributed by atoms with Gasteiger partial charge in [0.25, 0.3) is 0 Å². The molecule has 0 amide bonds. The summed E-state index contributed by atoms with van der Waals surface area (Å²) < 4.78 is 0. The third-order valence-corrected chi connectivity index (χ3v) is 2.55. The summed E-state index contributed by atoms with van der Waals surface area (Å²) in [5, 5.41) is 22.4. The summed E-state index contributed by atoms with van der Waals surface area (Å²) in [7, 11) is 4.45. The third-order valence-electron chi connectivity index (χ3n) is 2.55. The zero-order chi connectivity index (χ0) is 14.1. The molecule has 100 valence electrons. The van der Waals surface area contributed by atoms with Crippen molar-refractivity contribution in [2.24, 2.45) is 5.16 Å². The van der Waals surface area contributed by atoms with Crippen LogP contribution < -0.4 is 0 Å². The molecule has 0 aliphatic heterocycles. The van der Waals surface area contributed by atoms with Crippen molar-refractivity contribution in [3.05, 3.63) is 71.8 Å². The van der Waals surface area contributed by atoms with Gasteiger partial charge in [-0.2, -0.15) is 0 Å². The van der Waals surface area contributed by atoms with Gasteiger partial charge in [-0.15, -0.1) is 0 Å². The second kappa shape index (κ2) is 8.72. The van der Waals surface area contributed by atoms with Gasteiger partial charge in [-0.05, 0) is 5.56 Å². The first kappa shape index (κ1) is 15.7. The molecule has 0 bridgehead atoms. The first-order chi connectivity index (χ1) is 9.33.